The van der Waals surface area contributed by atoms with Crippen LogP contribution >= 0.6 is 0 Å². The molecule has 0 fully saturated rings. The second-order valence-electron chi connectivity index (χ2n) is 13.1. The van der Waals surface area contributed by atoms with Crippen molar-refractivity contribution in [2.24, 2.45) is 0 Å². The summed E-state index contributed by atoms with van der Waals surface area (Å²) in [6, 6.07) is 52.9. The first-order valence-electron chi connectivity index (χ1n) is 17.4. The highest BCUT2D eigenvalue weighted by Crippen LogP contribution is 2.43. The fourth-order valence-electron chi connectivity index (χ4n) is 7.36. The van der Waals surface area contributed by atoms with Crippen molar-refractivity contribution in [1.29, 1.82) is 0 Å². The van der Waals surface area contributed by atoms with Crippen molar-refractivity contribution in [1.82, 2.24) is 15.0 Å². The molecule has 0 atom stereocenters. The number of nitrogens with zero attached hydrogens (tertiary/aromatic N) is 3. The van der Waals surface area contributed by atoms with Gasteiger partial charge in [0.1, 0.15) is 11.2 Å². The van der Waals surface area contributed by atoms with E-state index in [-0.39, 0.29) is 0 Å². The number of hydrogen-bond donors (Lipinski definition) is 0. The van der Waals surface area contributed by atoms with Crippen LogP contribution in [0.1, 0.15) is 17.5 Å². The Morgan fingerprint density at radius 3 is 1.80 bits per heavy atom. The topological polar surface area (TPSA) is 51.8 Å². The SMILES string of the molecule is C1=Cc2cc(-c3ccc(-c4ccc(-c5nc(-c6ccccc6)nc(-c6ccccc6)n5)c5c4oc4cc6ccccc6cc45)cc3)ccc2CC1. The molecule has 4 nitrogen and oxygen atoms in total. The zero-order valence-electron chi connectivity index (χ0n) is 27.8. The maximum Gasteiger partial charge on any atom is 0.164 e. The van der Waals surface area contributed by atoms with Crippen molar-refractivity contribution >= 4 is 38.8 Å². The van der Waals surface area contributed by atoms with Crippen LogP contribution in [-0.4, -0.2) is 15.0 Å². The molecule has 2 aromatic heterocycles. The van der Waals surface area contributed by atoms with Gasteiger partial charge in [-0.15, -0.1) is 0 Å². The van der Waals surface area contributed by atoms with Crippen LogP contribution in [0.25, 0.3) is 95.2 Å². The molecule has 9 aromatic rings. The van der Waals surface area contributed by atoms with E-state index in [1.807, 2.05) is 60.7 Å². The lowest BCUT2D eigenvalue weighted by atomic mass is 9.92. The molecule has 4 heteroatoms. The highest BCUT2D eigenvalue weighted by atomic mass is 16.3. The summed E-state index contributed by atoms with van der Waals surface area (Å²) in [7, 11) is 0. The molecule has 2 heterocycles. The summed E-state index contributed by atoms with van der Waals surface area (Å²) >= 11 is 0. The number of benzene rings is 7. The van der Waals surface area contributed by atoms with Crippen LogP contribution < -0.4 is 0 Å². The van der Waals surface area contributed by atoms with Gasteiger partial charge in [0.2, 0.25) is 0 Å². The van der Waals surface area contributed by atoms with E-state index >= 15 is 0 Å². The molecule has 0 radical (unpaired) electrons. The summed E-state index contributed by atoms with van der Waals surface area (Å²) in [5, 5.41) is 4.30. The fraction of sp³-hybridized carbons (Fsp3) is 0.0426. The maximum atomic E-state index is 6.84. The first-order valence-corrected chi connectivity index (χ1v) is 17.4. The number of hydrogen-bond acceptors (Lipinski definition) is 4. The van der Waals surface area contributed by atoms with E-state index in [1.54, 1.807) is 0 Å². The molecular weight excluding hydrogens is 623 g/mol. The predicted octanol–water partition coefficient (Wildman–Crippen LogP) is 12.2. The fourth-order valence-corrected chi connectivity index (χ4v) is 7.36. The Morgan fingerprint density at radius 2 is 1.08 bits per heavy atom. The average Bonchev–Trinajstić information content (AvgIpc) is 3.58. The van der Waals surface area contributed by atoms with Crippen LogP contribution in [0.4, 0.5) is 0 Å². The minimum absolute atomic E-state index is 0.604. The van der Waals surface area contributed by atoms with Crippen molar-refractivity contribution in [3.05, 3.63) is 169 Å². The highest BCUT2D eigenvalue weighted by molar-refractivity contribution is 6.18. The summed E-state index contributed by atoms with van der Waals surface area (Å²) in [6.07, 6.45) is 6.73. The zero-order valence-corrected chi connectivity index (χ0v) is 27.8. The van der Waals surface area contributed by atoms with E-state index in [9.17, 15) is 0 Å². The van der Waals surface area contributed by atoms with Crippen LogP contribution in [0.5, 0.6) is 0 Å². The van der Waals surface area contributed by atoms with Gasteiger partial charge in [0.15, 0.2) is 17.5 Å². The average molecular weight is 654 g/mol. The van der Waals surface area contributed by atoms with Gasteiger partial charge in [0, 0.05) is 33.0 Å². The van der Waals surface area contributed by atoms with E-state index in [0.717, 1.165) is 73.4 Å². The van der Waals surface area contributed by atoms with Gasteiger partial charge >= 0.3 is 0 Å². The van der Waals surface area contributed by atoms with E-state index in [0.29, 0.717) is 17.5 Å². The van der Waals surface area contributed by atoms with Crippen molar-refractivity contribution in [3.8, 4) is 56.4 Å². The van der Waals surface area contributed by atoms with Crippen LogP contribution in [0, 0.1) is 0 Å². The van der Waals surface area contributed by atoms with Crippen LogP contribution in [0.15, 0.2) is 162 Å². The molecule has 0 bridgehead atoms. The zero-order chi connectivity index (χ0) is 33.7. The van der Waals surface area contributed by atoms with Gasteiger partial charge in [-0.2, -0.15) is 0 Å². The quantitative estimate of drug-likeness (QED) is 0.185. The molecule has 1 aliphatic rings. The Labute approximate surface area is 295 Å². The molecule has 0 spiro atoms. The minimum Gasteiger partial charge on any atom is -0.455 e. The van der Waals surface area contributed by atoms with Gasteiger partial charge in [-0.1, -0.05) is 133 Å². The predicted molar refractivity (Wildman–Crippen MR) is 209 cm³/mol. The smallest absolute Gasteiger partial charge is 0.164 e. The normalized spacial score (nSPS) is 12.5. The lowest BCUT2D eigenvalue weighted by Gasteiger charge is -2.13. The van der Waals surface area contributed by atoms with Gasteiger partial charge in [0.25, 0.3) is 0 Å². The third kappa shape index (κ3) is 5.20. The Morgan fingerprint density at radius 1 is 0.471 bits per heavy atom. The van der Waals surface area contributed by atoms with Crippen LogP contribution in [0.2, 0.25) is 0 Å². The molecule has 7 aromatic carbocycles. The molecule has 1 aliphatic carbocycles. The summed E-state index contributed by atoms with van der Waals surface area (Å²) in [6.45, 7) is 0. The molecule has 10 rings (SSSR count). The minimum atomic E-state index is 0.604. The number of rotatable bonds is 5. The molecule has 240 valence electrons. The van der Waals surface area contributed by atoms with Crippen molar-refractivity contribution < 1.29 is 4.42 Å². The summed E-state index contributed by atoms with van der Waals surface area (Å²) in [5.41, 5.74) is 11.7. The monoisotopic (exact) mass is 653 g/mol. The third-order valence-corrected chi connectivity index (χ3v) is 9.98. The lowest BCUT2D eigenvalue weighted by molar-refractivity contribution is 0.670. The number of allylic oxidation sites excluding steroid dienone is 1. The van der Waals surface area contributed by atoms with Gasteiger partial charge in [-0.25, -0.2) is 15.0 Å². The molecular formula is C47H31N3O. The van der Waals surface area contributed by atoms with Crippen molar-refractivity contribution in [2.75, 3.05) is 0 Å². The number of aryl methyl sites for hydroxylation is 1. The molecule has 0 saturated heterocycles. The van der Waals surface area contributed by atoms with E-state index in [2.05, 4.69) is 103 Å². The van der Waals surface area contributed by atoms with E-state index in [1.165, 1.54) is 22.3 Å². The van der Waals surface area contributed by atoms with Crippen LogP contribution in [-0.2, 0) is 6.42 Å². The number of furan rings is 1. The molecule has 0 amide bonds. The third-order valence-electron chi connectivity index (χ3n) is 9.98. The van der Waals surface area contributed by atoms with Crippen molar-refractivity contribution in [2.45, 2.75) is 12.8 Å². The summed E-state index contributed by atoms with van der Waals surface area (Å²) in [5.74, 6) is 1.86. The lowest BCUT2D eigenvalue weighted by Crippen LogP contribution is -2.00. The summed E-state index contributed by atoms with van der Waals surface area (Å²) in [4.78, 5) is 15.2. The Balaban J connectivity index is 1.18. The van der Waals surface area contributed by atoms with Gasteiger partial charge in [-0.3, -0.25) is 0 Å². The van der Waals surface area contributed by atoms with E-state index < -0.39 is 0 Å². The van der Waals surface area contributed by atoms with Gasteiger partial charge in [0.05, 0.1) is 0 Å². The largest absolute Gasteiger partial charge is 0.455 e. The van der Waals surface area contributed by atoms with E-state index in [4.69, 9.17) is 19.4 Å². The van der Waals surface area contributed by atoms with Gasteiger partial charge < -0.3 is 4.42 Å². The van der Waals surface area contributed by atoms with Gasteiger partial charge in [-0.05, 0) is 81.8 Å². The van der Waals surface area contributed by atoms with Crippen LogP contribution in [0.3, 0.4) is 0 Å². The Kier molecular flexibility index (Phi) is 6.91. The molecule has 0 N–H and O–H groups in total. The molecule has 0 saturated carbocycles. The Hall–Kier alpha value is -6.65. The highest BCUT2D eigenvalue weighted by Gasteiger charge is 2.21. The molecule has 0 aliphatic heterocycles. The van der Waals surface area contributed by atoms with Crippen molar-refractivity contribution in [3.63, 3.8) is 0 Å². The second kappa shape index (κ2) is 12.0. The second-order valence-corrected chi connectivity index (χ2v) is 13.1. The number of aromatic nitrogens is 3. The Bertz CT molecular complexity index is 2720. The maximum absolute atomic E-state index is 6.84. The molecule has 0 unspecified atom stereocenters. The standard InChI is InChI=1S/C47H31N3O/c1-3-12-33(13-4-1)45-48-46(34-14-5-2-6-15-34)50-47(49-45)40-26-25-39(44-43(40)41-28-36-17-9-10-18-37(36)29-42(41)51-44)32-22-19-31(20-23-32)38-24-21-30-11-7-8-16-35(30)27-38/h1-6,8-10,12-29H,7,11H2. The summed E-state index contributed by atoms with van der Waals surface area (Å²) < 4.78 is 6.84. The molecule has 51 heavy (non-hydrogen) atoms. The number of fused-ring (bicyclic) bond motifs is 5. The first-order chi connectivity index (χ1) is 25.2. The first kappa shape index (κ1) is 29.3.